The Labute approximate surface area is 113 Å². The van der Waals surface area contributed by atoms with Gasteiger partial charge in [-0.05, 0) is 25.8 Å². The summed E-state index contributed by atoms with van der Waals surface area (Å²) in [6.45, 7) is 10.2. The second kappa shape index (κ2) is 7.63. The summed E-state index contributed by atoms with van der Waals surface area (Å²) in [5, 5.41) is 10.9. The highest BCUT2D eigenvalue weighted by Crippen LogP contribution is 2.17. The van der Waals surface area contributed by atoms with Crippen molar-refractivity contribution in [1.82, 2.24) is 20.1 Å². The first-order valence-corrected chi connectivity index (χ1v) is 7.60. The van der Waals surface area contributed by atoms with Gasteiger partial charge in [0.2, 0.25) is 0 Å². The van der Waals surface area contributed by atoms with E-state index in [0.29, 0.717) is 18.5 Å². The molecule has 0 aliphatic heterocycles. The maximum atomic E-state index is 11.4. The molecule has 18 heavy (non-hydrogen) atoms. The van der Waals surface area contributed by atoms with Crippen LogP contribution in [0.25, 0.3) is 0 Å². The predicted octanol–water partition coefficient (Wildman–Crippen LogP) is 1.71. The van der Waals surface area contributed by atoms with E-state index in [4.69, 9.17) is 0 Å². The Balaban J connectivity index is 2.58. The Hall–Kier alpha value is -0.750. The first-order chi connectivity index (χ1) is 8.60. The third kappa shape index (κ3) is 4.17. The van der Waals surface area contributed by atoms with Gasteiger partial charge in [0.05, 0.1) is 0 Å². The number of rotatable bonds is 8. The van der Waals surface area contributed by atoms with Crippen LogP contribution in [0.4, 0.5) is 0 Å². The van der Waals surface area contributed by atoms with E-state index in [0.717, 1.165) is 23.9 Å². The van der Waals surface area contributed by atoms with Gasteiger partial charge in [-0.3, -0.25) is 4.57 Å². The minimum atomic E-state index is -0.123. The van der Waals surface area contributed by atoms with Crippen LogP contribution >= 0.6 is 11.8 Å². The standard InChI is InChI=1S/C12H24N4OS/c1-5-7-13-10(9(3)4)8-18-12-15-14-11(17)16(12)6-2/h9-10,13H,5-8H2,1-4H3,(H,14,17). The molecular formula is C12H24N4OS. The van der Waals surface area contributed by atoms with Crippen molar-refractivity contribution in [3.05, 3.63) is 10.5 Å². The van der Waals surface area contributed by atoms with Crippen LogP contribution in [0.1, 0.15) is 34.1 Å². The van der Waals surface area contributed by atoms with Crippen LogP contribution in [0.2, 0.25) is 0 Å². The van der Waals surface area contributed by atoms with Crippen molar-refractivity contribution in [2.75, 3.05) is 12.3 Å². The van der Waals surface area contributed by atoms with E-state index in [1.54, 1.807) is 16.3 Å². The van der Waals surface area contributed by atoms with Gasteiger partial charge in [-0.25, -0.2) is 9.89 Å². The van der Waals surface area contributed by atoms with E-state index >= 15 is 0 Å². The van der Waals surface area contributed by atoms with Crippen LogP contribution in [0, 0.1) is 5.92 Å². The molecule has 0 aromatic carbocycles. The zero-order valence-electron chi connectivity index (χ0n) is 11.7. The lowest BCUT2D eigenvalue weighted by atomic mass is 10.1. The Morgan fingerprint density at radius 1 is 1.44 bits per heavy atom. The van der Waals surface area contributed by atoms with E-state index in [1.807, 2.05) is 6.92 Å². The Morgan fingerprint density at radius 2 is 2.17 bits per heavy atom. The van der Waals surface area contributed by atoms with Crippen molar-refractivity contribution < 1.29 is 0 Å². The van der Waals surface area contributed by atoms with Crippen molar-refractivity contribution in [2.45, 2.75) is 51.9 Å². The molecule has 0 saturated heterocycles. The average molecular weight is 272 g/mol. The average Bonchev–Trinajstić information content (AvgIpc) is 2.69. The van der Waals surface area contributed by atoms with Gasteiger partial charge in [0.1, 0.15) is 0 Å². The highest BCUT2D eigenvalue weighted by Gasteiger charge is 2.15. The summed E-state index contributed by atoms with van der Waals surface area (Å²) in [6.07, 6.45) is 1.13. The summed E-state index contributed by atoms with van der Waals surface area (Å²) >= 11 is 1.64. The van der Waals surface area contributed by atoms with E-state index in [9.17, 15) is 4.79 Å². The molecule has 1 aromatic rings. The van der Waals surface area contributed by atoms with Crippen LogP contribution < -0.4 is 11.0 Å². The van der Waals surface area contributed by atoms with E-state index in [1.165, 1.54) is 0 Å². The number of nitrogens with one attached hydrogen (secondary N) is 2. The molecule has 0 aliphatic rings. The summed E-state index contributed by atoms with van der Waals surface area (Å²) in [5.41, 5.74) is -0.123. The quantitative estimate of drug-likeness (QED) is 0.707. The Kier molecular flexibility index (Phi) is 6.49. The number of hydrogen-bond donors (Lipinski definition) is 2. The normalized spacial score (nSPS) is 13.2. The molecule has 0 bridgehead atoms. The Bertz CT molecular complexity index is 399. The van der Waals surface area contributed by atoms with E-state index in [2.05, 4.69) is 36.3 Å². The summed E-state index contributed by atoms with van der Waals surface area (Å²) in [5.74, 6) is 1.51. The van der Waals surface area contributed by atoms with Gasteiger partial charge in [-0.2, -0.15) is 0 Å². The molecule has 0 saturated carbocycles. The number of aromatic nitrogens is 3. The molecule has 104 valence electrons. The van der Waals surface area contributed by atoms with Crippen molar-refractivity contribution in [2.24, 2.45) is 5.92 Å². The second-order valence-corrected chi connectivity index (χ2v) is 5.66. The molecule has 5 nitrogen and oxygen atoms in total. The van der Waals surface area contributed by atoms with Crippen molar-refractivity contribution in [1.29, 1.82) is 0 Å². The minimum Gasteiger partial charge on any atom is -0.313 e. The lowest BCUT2D eigenvalue weighted by molar-refractivity contribution is 0.433. The van der Waals surface area contributed by atoms with Gasteiger partial charge < -0.3 is 5.32 Å². The molecule has 1 atom stereocenters. The lowest BCUT2D eigenvalue weighted by Crippen LogP contribution is -2.36. The highest BCUT2D eigenvalue weighted by molar-refractivity contribution is 7.99. The number of H-pyrrole nitrogens is 1. The molecule has 0 radical (unpaired) electrons. The SMILES string of the molecule is CCCNC(CSc1n[nH]c(=O)n1CC)C(C)C. The monoisotopic (exact) mass is 272 g/mol. The largest absolute Gasteiger partial charge is 0.343 e. The lowest BCUT2D eigenvalue weighted by Gasteiger charge is -2.21. The topological polar surface area (TPSA) is 62.7 Å². The van der Waals surface area contributed by atoms with Crippen LogP contribution in [0.5, 0.6) is 0 Å². The van der Waals surface area contributed by atoms with Gasteiger partial charge in [-0.1, -0.05) is 32.5 Å². The highest BCUT2D eigenvalue weighted by atomic mass is 32.2. The Morgan fingerprint density at radius 3 is 2.72 bits per heavy atom. The molecule has 1 rings (SSSR count). The zero-order valence-corrected chi connectivity index (χ0v) is 12.5. The number of thioether (sulfide) groups is 1. The van der Waals surface area contributed by atoms with Gasteiger partial charge in [0.15, 0.2) is 5.16 Å². The van der Waals surface area contributed by atoms with Crippen LogP contribution in [-0.4, -0.2) is 33.1 Å². The van der Waals surface area contributed by atoms with Gasteiger partial charge in [0.25, 0.3) is 0 Å². The fraction of sp³-hybridized carbons (Fsp3) is 0.833. The van der Waals surface area contributed by atoms with Gasteiger partial charge >= 0.3 is 5.69 Å². The van der Waals surface area contributed by atoms with E-state index < -0.39 is 0 Å². The van der Waals surface area contributed by atoms with E-state index in [-0.39, 0.29) is 5.69 Å². The first kappa shape index (κ1) is 15.3. The van der Waals surface area contributed by atoms with Gasteiger partial charge in [0, 0.05) is 18.3 Å². The number of hydrogen-bond acceptors (Lipinski definition) is 4. The van der Waals surface area contributed by atoms with Crippen LogP contribution in [-0.2, 0) is 6.54 Å². The van der Waals surface area contributed by atoms with Crippen molar-refractivity contribution in [3.63, 3.8) is 0 Å². The third-order valence-electron chi connectivity index (χ3n) is 2.89. The predicted molar refractivity (Wildman–Crippen MR) is 76.2 cm³/mol. The van der Waals surface area contributed by atoms with Crippen LogP contribution in [0.3, 0.4) is 0 Å². The van der Waals surface area contributed by atoms with Crippen molar-refractivity contribution in [3.8, 4) is 0 Å². The fourth-order valence-electron chi connectivity index (χ4n) is 1.67. The number of aromatic amines is 1. The third-order valence-corrected chi connectivity index (χ3v) is 3.99. The summed E-state index contributed by atoms with van der Waals surface area (Å²) in [6, 6.07) is 0.451. The molecule has 1 aromatic heterocycles. The molecular weight excluding hydrogens is 248 g/mol. The first-order valence-electron chi connectivity index (χ1n) is 6.61. The molecule has 2 N–H and O–H groups in total. The van der Waals surface area contributed by atoms with Crippen LogP contribution in [0.15, 0.2) is 9.95 Å². The minimum absolute atomic E-state index is 0.123. The molecule has 1 heterocycles. The summed E-state index contributed by atoms with van der Waals surface area (Å²) in [7, 11) is 0. The fourth-order valence-corrected chi connectivity index (χ4v) is 2.98. The van der Waals surface area contributed by atoms with Crippen molar-refractivity contribution >= 4 is 11.8 Å². The molecule has 6 heteroatoms. The van der Waals surface area contributed by atoms with Gasteiger partial charge in [-0.15, -0.1) is 5.10 Å². The zero-order chi connectivity index (χ0) is 13.5. The molecule has 1 unspecified atom stereocenters. The second-order valence-electron chi connectivity index (χ2n) is 4.67. The smallest absolute Gasteiger partial charge is 0.313 e. The molecule has 0 amide bonds. The summed E-state index contributed by atoms with van der Waals surface area (Å²) in [4.78, 5) is 11.4. The maximum Gasteiger partial charge on any atom is 0.343 e. The number of nitrogens with zero attached hydrogens (tertiary/aromatic N) is 2. The maximum absolute atomic E-state index is 11.4. The molecule has 0 fully saturated rings. The summed E-state index contributed by atoms with van der Waals surface area (Å²) < 4.78 is 1.67. The molecule has 0 spiro atoms. The molecule has 0 aliphatic carbocycles.